The molecule has 0 aromatic carbocycles. The van der Waals surface area contributed by atoms with E-state index < -0.39 is 47.8 Å². The van der Waals surface area contributed by atoms with Crippen molar-refractivity contribution in [1.29, 1.82) is 0 Å². The van der Waals surface area contributed by atoms with Crippen LogP contribution >= 0.6 is 11.6 Å². The van der Waals surface area contributed by atoms with Crippen molar-refractivity contribution < 1.29 is 31.5 Å². The van der Waals surface area contributed by atoms with Crippen molar-refractivity contribution in [3.8, 4) is 0 Å². The number of carbonyl (C=O) groups is 2. The number of aromatic nitrogens is 4. The number of hydrogen-bond acceptors (Lipinski definition) is 5. The van der Waals surface area contributed by atoms with E-state index >= 15 is 0 Å². The topological polar surface area (TPSA) is 95.7 Å². The third kappa shape index (κ3) is 4.00. The highest BCUT2D eigenvalue weighted by Gasteiger charge is 2.60. The number of nitrogens with zero attached hydrogens (tertiary/aromatic N) is 6. The van der Waals surface area contributed by atoms with E-state index in [1.165, 1.54) is 20.2 Å². The van der Waals surface area contributed by atoms with E-state index in [4.69, 9.17) is 11.6 Å². The molecule has 1 atom stereocenters. The zero-order valence-corrected chi connectivity index (χ0v) is 19.1. The molecule has 4 rings (SSSR count). The molecule has 0 spiro atoms. The first-order chi connectivity index (χ1) is 16.2. The number of halogens is 6. The van der Waals surface area contributed by atoms with Crippen LogP contribution in [0.5, 0.6) is 0 Å². The summed E-state index contributed by atoms with van der Waals surface area (Å²) in [5, 5.41) is 6.06. The maximum atomic E-state index is 14.2. The Morgan fingerprint density at radius 2 is 1.89 bits per heavy atom. The molecule has 9 nitrogen and oxygen atoms in total. The quantitative estimate of drug-likeness (QED) is 0.523. The highest BCUT2D eigenvalue weighted by atomic mass is 35.5. The van der Waals surface area contributed by atoms with Crippen molar-refractivity contribution in [3.05, 3.63) is 46.6 Å². The number of urea groups is 1. The monoisotopic (exact) mass is 517 g/mol. The van der Waals surface area contributed by atoms with Gasteiger partial charge in [-0.05, 0) is 13.0 Å². The van der Waals surface area contributed by atoms with Gasteiger partial charge in [0.25, 0.3) is 12.3 Å². The zero-order chi connectivity index (χ0) is 25.9. The molecule has 0 radical (unpaired) electrons. The van der Waals surface area contributed by atoms with Crippen LogP contribution in [-0.2, 0) is 5.41 Å². The lowest BCUT2D eigenvalue weighted by Crippen LogP contribution is -2.46. The molecule has 0 saturated heterocycles. The number of rotatable bonds is 3. The van der Waals surface area contributed by atoms with Crippen molar-refractivity contribution in [3.63, 3.8) is 0 Å². The maximum Gasteiger partial charge on any atom is 0.401 e. The van der Waals surface area contributed by atoms with E-state index in [0.29, 0.717) is 0 Å². The second-order valence-electron chi connectivity index (χ2n) is 8.24. The maximum absolute atomic E-state index is 14.2. The van der Waals surface area contributed by atoms with E-state index in [1.54, 1.807) is 0 Å². The number of alkyl halides is 5. The molecule has 0 bridgehead atoms. The Labute approximate surface area is 199 Å². The predicted molar refractivity (Wildman–Crippen MR) is 115 cm³/mol. The Balaban J connectivity index is 1.73. The van der Waals surface area contributed by atoms with Crippen LogP contribution in [0.1, 0.15) is 35.1 Å². The van der Waals surface area contributed by atoms with Crippen LogP contribution in [0.4, 0.5) is 38.1 Å². The summed E-state index contributed by atoms with van der Waals surface area (Å²) in [6.45, 7) is 0.0779. The normalized spacial score (nSPS) is 17.7. The second kappa shape index (κ2) is 8.29. The number of hydrogen-bond donors (Lipinski definition) is 1. The molecule has 1 aliphatic heterocycles. The Bertz CT molecular complexity index is 1340. The Kier molecular flexibility index (Phi) is 5.82. The van der Waals surface area contributed by atoms with Gasteiger partial charge < -0.3 is 10.2 Å². The van der Waals surface area contributed by atoms with Gasteiger partial charge >= 0.3 is 12.2 Å². The minimum Gasteiger partial charge on any atom is -0.343 e. The fourth-order valence-corrected chi connectivity index (χ4v) is 3.96. The summed E-state index contributed by atoms with van der Waals surface area (Å²) in [4.78, 5) is 34.7. The van der Waals surface area contributed by atoms with Crippen LogP contribution < -0.4 is 10.2 Å². The average molecular weight is 518 g/mol. The third-order valence-corrected chi connectivity index (χ3v) is 5.79. The van der Waals surface area contributed by atoms with Gasteiger partial charge in [-0.3, -0.25) is 9.69 Å². The van der Waals surface area contributed by atoms with Gasteiger partial charge in [0.2, 0.25) is 0 Å². The number of fused-ring (bicyclic) bond motifs is 3. The van der Waals surface area contributed by atoms with Gasteiger partial charge in [0.05, 0.1) is 35.0 Å². The lowest BCUT2D eigenvalue weighted by atomic mass is 9.88. The van der Waals surface area contributed by atoms with Crippen molar-refractivity contribution in [2.75, 3.05) is 30.9 Å². The van der Waals surface area contributed by atoms with E-state index in [2.05, 4.69) is 20.4 Å². The van der Waals surface area contributed by atoms with Gasteiger partial charge in [0.15, 0.2) is 10.8 Å². The van der Waals surface area contributed by atoms with E-state index in [9.17, 15) is 31.5 Å². The molecule has 15 heteroatoms. The summed E-state index contributed by atoms with van der Waals surface area (Å²) in [5.41, 5.74) is -4.51. The Morgan fingerprint density at radius 3 is 2.49 bits per heavy atom. The van der Waals surface area contributed by atoms with Gasteiger partial charge in [-0.15, -0.1) is 0 Å². The van der Waals surface area contributed by atoms with Crippen LogP contribution in [0.25, 0.3) is 5.65 Å². The predicted octanol–water partition coefficient (Wildman–Crippen LogP) is 4.29. The fraction of sp³-hybridized carbons (Fsp3) is 0.350. The summed E-state index contributed by atoms with van der Waals surface area (Å²) < 4.78 is 70.6. The summed E-state index contributed by atoms with van der Waals surface area (Å²) in [5.74, 6) is -0.777. The number of nitrogens with one attached hydrogen (secondary N) is 1. The third-order valence-electron chi connectivity index (χ3n) is 5.61. The largest absolute Gasteiger partial charge is 0.401 e. The lowest BCUT2D eigenvalue weighted by Gasteiger charge is -2.28. The van der Waals surface area contributed by atoms with Gasteiger partial charge in [0, 0.05) is 26.7 Å². The molecule has 0 aliphatic carbocycles. The van der Waals surface area contributed by atoms with Crippen LogP contribution in [0, 0.1) is 0 Å². The number of anilines is 2. The molecule has 0 fully saturated rings. The standard InChI is InChI=1S/C20H17ClF5N7O2/c1-19(20(24,25)26)8-32(11-7-27-13-5-12(21)30-33(13)15(11)19)18(35)29-9-4-10(16(22)23)14(28-6-9)17(34)31(2)3/h4-7,16H,8H2,1-3H3,(H,29,35)/t19-/m1/s1. The van der Waals surface area contributed by atoms with Gasteiger partial charge in [-0.1, -0.05) is 11.6 Å². The minimum absolute atomic E-state index is 0.0541. The second-order valence-corrected chi connectivity index (χ2v) is 8.62. The van der Waals surface area contributed by atoms with Crippen molar-refractivity contribution >= 4 is 40.6 Å². The van der Waals surface area contributed by atoms with E-state index in [0.717, 1.165) is 39.7 Å². The van der Waals surface area contributed by atoms with E-state index in [1.807, 2.05) is 0 Å². The summed E-state index contributed by atoms with van der Waals surface area (Å²) >= 11 is 5.85. The van der Waals surface area contributed by atoms with Crippen LogP contribution in [0.3, 0.4) is 0 Å². The van der Waals surface area contributed by atoms with Crippen molar-refractivity contribution in [2.45, 2.75) is 24.9 Å². The number of amides is 3. The van der Waals surface area contributed by atoms with Crippen molar-refractivity contribution in [2.24, 2.45) is 0 Å². The van der Waals surface area contributed by atoms with Gasteiger partial charge in [-0.2, -0.15) is 18.3 Å². The zero-order valence-electron chi connectivity index (χ0n) is 18.4. The van der Waals surface area contributed by atoms with Crippen LogP contribution in [0.15, 0.2) is 24.5 Å². The fourth-order valence-electron chi connectivity index (χ4n) is 3.79. The molecule has 3 amide bonds. The summed E-state index contributed by atoms with van der Waals surface area (Å²) in [6, 6.07) is 1.07. The molecule has 35 heavy (non-hydrogen) atoms. The first kappa shape index (κ1) is 24.6. The van der Waals surface area contributed by atoms with Crippen molar-refractivity contribution in [1.82, 2.24) is 24.5 Å². The molecule has 3 aromatic rings. The molecule has 4 heterocycles. The smallest absolute Gasteiger partial charge is 0.343 e. The lowest BCUT2D eigenvalue weighted by molar-refractivity contribution is -0.181. The number of carbonyl (C=O) groups excluding carboxylic acids is 2. The molecule has 3 aromatic heterocycles. The molecule has 1 aliphatic rings. The first-order valence-electron chi connectivity index (χ1n) is 9.94. The molecular weight excluding hydrogens is 501 g/mol. The average Bonchev–Trinajstić information content (AvgIpc) is 3.30. The number of pyridine rings is 1. The first-order valence-corrected chi connectivity index (χ1v) is 10.3. The van der Waals surface area contributed by atoms with E-state index in [-0.39, 0.29) is 27.9 Å². The summed E-state index contributed by atoms with van der Waals surface area (Å²) in [7, 11) is 2.71. The van der Waals surface area contributed by atoms with Crippen LogP contribution in [0.2, 0.25) is 5.15 Å². The summed E-state index contributed by atoms with van der Waals surface area (Å²) in [6.07, 6.45) is -5.83. The van der Waals surface area contributed by atoms with Crippen LogP contribution in [-0.4, -0.2) is 63.2 Å². The SMILES string of the molecule is CN(C)C(=O)c1ncc(NC(=O)N2C[C@@](C)(C(F)(F)F)c3c2cnc2cc(Cl)nn32)cc1C(F)F. The highest BCUT2D eigenvalue weighted by molar-refractivity contribution is 6.29. The molecule has 0 saturated carbocycles. The molecule has 186 valence electrons. The minimum atomic E-state index is -4.79. The highest BCUT2D eigenvalue weighted by Crippen LogP contribution is 2.50. The Morgan fingerprint density at radius 1 is 1.20 bits per heavy atom. The molecule has 0 unspecified atom stereocenters. The molecular formula is C20H17ClF5N7O2. The molecule has 1 N–H and O–H groups in total. The Hall–Kier alpha value is -3.55. The van der Waals surface area contributed by atoms with Gasteiger partial charge in [0.1, 0.15) is 11.1 Å². The van der Waals surface area contributed by atoms with Gasteiger partial charge in [-0.25, -0.2) is 28.1 Å².